The van der Waals surface area contributed by atoms with E-state index in [2.05, 4.69) is 26.5 Å². The van der Waals surface area contributed by atoms with Crippen molar-refractivity contribution in [3.8, 4) is 17.3 Å². The summed E-state index contributed by atoms with van der Waals surface area (Å²) in [6, 6.07) is 4.01. The number of aromatic nitrogens is 5. The second-order valence-electron chi connectivity index (χ2n) is 5.51. The molecule has 1 N–H and O–H groups in total. The quantitative estimate of drug-likeness (QED) is 0.771. The first kappa shape index (κ1) is 17.4. The van der Waals surface area contributed by atoms with Crippen LogP contribution in [0.1, 0.15) is 20.3 Å². The number of rotatable bonds is 4. The van der Waals surface area contributed by atoms with E-state index in [4.69, 9.17) is 5.26 Å². The lowest BCUT2D eigenvalue weighted by Crippen LogP contribution is -2.60. The predicted molar refractivity (Wildman–Crippen MR) is 95.3 cm³/mol. The third kappa shape index (κ3) is 2.88. The first-order valence-electron chi connectivity index (χ1n) is 8.02. The van der Waals surface area contributed by atoms with E-state index in [1.165, 1.54) is 10.3 Å². The third-order valence-corrected chi connectivity index (χ3v) is 4.62. The summed E-state index contributed by atoms with van der Waals surface area (Å²) in [7, 11) is 0. The Labute approximate surface area is 149 Å². The second kappa shape index (κ2) is 7.21. The molecule has 3 aromatic heterocycles. The number of hydrogen-bond donors (Lipinski definition) is 1. The van der Waals surface area contributed by atoms with Crippen LogP contribution in [0.25, 0.3) is 22.3 Å². The molecule has 3 aromatic rings. The lowest BCUT2D eigenvalue weighted by atomic mass is 9.89. The van der Waals surface area contributed by atoms with Gasteiger partial charge in [-0.2, -0.15) is 10.4 Å². The summed E-state index contributed by atoms with van der Waals surface area (Å²) in [5.41, 5.74) is 1.75. The van der Waals surface area contributed by atoms with Crippen molar-refractivity contribution in [1.82, 2.24) is 29.0 Å². The Bertz CT molecular complexity index is 907. The molecular formula is C16H18FN7S. The van der Waals surface area contributed by atoms with E-state index in [1.807, 2.05) is 24.7 Å². The van der Waals surface area contributed by atoms with Gasteiger partial charge in [-0.1, -0.05) is 13.8 Å². The van der Waals surface area contributed by atoms with E-state index in [0.29, 0.717) is 17.8 Å². The topological polar surface area (TPSA) is 84.3 Å². The highest BCUT2D eigenvalue weighted by Gasteiger charge is 2.39. The zero-order chi connectivity index (χ0) is 17.9. The van der Waals surface area contributed by atoms with E-state index in [0.717, 1.165) is 24.0 Å². The summed E-state index contributed by atoms with van der Waals surface area (Å²) in [6.45, 7) is 5.44. The number of nitriles is 1. The highest BCUT2D eigenvalue weighted by atomic mass is 32.2. The summed E-state index contributed by atoms with van der Waals surface area (Å²) >= 11 is 0.0989. The molecule has 4 heterocycles. The molecule has 1 fully saturated rings. The standard InChI is InChI=1S/C14H12FN7S.C2H6/c15-23-21-4-1-11-12(18-9-19-13(11)21)10-5-20-22(6-10)14(2-3-16)7-17-8-14;1-2/h1,4-6,9,17H,2,7-8H2;1-2H3. The second-order valence-corrected chi connectivity index (χ2v) is 6.04. The Hall–Kier alpha value is -2.44. The van der Waals surface area contributed by atoms with Gasteiger partial charge >= 0.3 is 0 Å². The van der Waals surface area contributed by atoms with E-state index < -0.39 is 0 Å². The van der Waals surface area contributed by atoms with Crippen LogP contribution in [0.2, 0.25) is 0 Å². The molecule has 1 aliphatic heterocycles. The van der Waals surface area contributed by atoms with Crippen molar-refractivity contribution < 1.29 is 3.89 Å². The summed E-state index contributed by atoms with van der Waals surface area (Å²) in [5.74, 6) is 0. The van der Waals surface area contributed by atoms with Gasteiger partial charge in [-0.05, 0) is 6.07 Å². The maximum Gasteiger partial charge on any atom is 0.171 e. The van der Waals surface area contributed by atoms with Crippen LogP contribution < -0.4 is 5.32 Å². The minimum atomic E-state index is -0.292. The van der Waals surface area contributed by atoms with Crippen molar-refractivity contribution in [2.75, 3.05) is 13.1 Å². The number of hydrogen-bond acceptors (Lipinski definition) is 6. The molecular weight excluding hydrogens is 341 g/mol. The van der Waals surface area contributed by atoms with Crippen LogP contribution >= 0.6 is 12.3 Å². The SMILES string of the molecule is CC.N#CCC1(n2cc(-c3ncnc4c3ccn4SF)cn2)CNC1. The van der Waals surface area contributed by atoms with Gasteiger partial charge in [0.2, 0.25) is 0 Å². The molecule has 7 nitrogen and oxygen atoms in total. The van der Waals surface area contributed by atoms with Crippen molar-refractivity contribution in [3.63, 3.8) is 0 Å². The summed E-state index contributed by atoms with van der Waals surface area (Å²) in [5, 5.41) is 17.4. The molecule has 0 radical (unpaired) electrons. The predicted octanol–water partition coefficient (Wildman–Crippen LogP) is 2.91. The number of halogens is 1. The summed E-state index contributed by atoms with van der Waals surface area (Å²) < 4.78 is 16.1. The molecule has 0 unspecified atom stereocenters. The normalized spacial score (nSPS) is 15.1. The lowest BCUT2D eigenvalue weighted by Gasteiger charge is -2.41. The van der Waals surface area contributed by atoms with Gasteiger partial charge in [-0.25, -0.2) is 13.9 Å². The van der Waals surface area contributed by atoms with Crippen LogP contribution in [-0.4, -0.2) is 36.8 Å². The first-order chi connectivity index (χ1) is 12.3. The van der Waals surface area contributed by atoms with Crippen molar-refractivity contribution in [2.45, 2.75) is 25.8 Å². The monoisotopic (exact) mass is 359 g/mol. The fourth-order valence-corrected chi connectivity index (χ4v) is 3.16. The smallest absolute Gasteiger partial charge is 0.171 e. The minimum Gasteiger partial charge on any atom is -0.312 e. The van der Waals surface area contributed by atoms with Gasteiger partial charge in [-0.3, -0.25) is 4.68 Å². The van der Waals surface area contributed by atoms with Gasteiger partial charge in [0, 0.05) is 36.4 Å². The maximum absolute atomic E-state index is 12.9. The van der Waals surface area contributed by atoms with Gasteiger partial charge in [0.15, 0.2) is 18.0 Å². The molecule has 1 saturated heterocycles. The van der Waals surface area contributed by atoms with E-state index in [9.17, 15) is 3.89 Å². The fourth-order valence-electron chi connectivity index (χ4n) is 2.85. The number of nitrogens with one attached hydrogen (secondary N) is 1. The Morgan fingerprint density at radius 3 is 2.84 bits per heavy atom. The molecule has 130 valence electrons. The average Bonchev–Trinajstić information content (AvgIpc) is 3.26. The molecule has 0 aliphatic carbocycles. The third-order valence-electron chi connectivity index (χ3n) is 4.18. The number of nitrogens with zero attached hydrogens (tertiary/aromatic N) is 6. The molecule has 0 amide bonds. The van der Waals surface area contributed by atoms with Crippen LogP contribution in [0.4, 0.5) is 3.89 Å². The minimum absolute atomic E-state index is 0.0989. The Kier molecular flexibility index (Phi) is 5.01. The highest BCUT2D eigenvalue weighted by Crippen LogP contribution is 2.31. The van der Waals surface area contributed by atoms with Gasteiger partial charge in [0.1, 0.15) is 11.9 Å². The maximum atomic E-state index is 12.9. The largest absolute Gasteiger partial charge is 0.312 e. The van der Waals surface area contributed by atoms with E-state index >= 15 is 0 Å². The van der Waals surface area contributed by atoms with Crippen LogP contribution in [0.5, 0.6) is 0 Å². The van der Waals surface area contributed by atoms with E-state index in [1.54, 1.807) is 18.5 Å². The first-order valence-corrected chi connectivity index (χ1v) is 8.69. The Morgan fingerprint density at radius 2 is 2.20 bits per heavy atom. The van der Waals surface area contributed by atoms with Crippen molar-refractivity contribution in [1.29, 1.82) is 5.26 Å². The van der Waals surface area contributed by atoms with Gasteiger partial charge in [0.05, 0.1) is 24.4 Å². The van der Waals surface area contributed by atoms with Crippen LogP contribution in [0.15, 0.2) is 31.0 Å². The molecule has 0 atom stereocenters. The molecule has 25 heavy (non-hydrogen) atoms. The molecule has 9 heteroatoms. The fraction of sp³-hybridized carbons (Fsp3) is 0.375. The molecule has 0 bridgehead atoms. The van der Waals surface area contributed by atoms with Crippen molar-refractivity contribution in [3.05, 3.63) is 31.0 Å². The zero-order valence-electron chi connectivity index (χ0n) is 14.0. The molecule has 0 saturated carbocycles. The number of fused-ring (bicyclic) bond motifs is 1. The van der Waals surface area contributed by atoms with Gasteiger partial charge in [0.25, 0.3) is 0 Å². The molecule has 4 rings (SSSR count). The van der Waals surface area contributed by atoms with Crippen LogP contribution in [-0.2, 0) is 5.54 Å². The van der Waals surface area contributed by atoms with Gasteiger partial charge < -0.3 is 5.32 Å². The highest BCUT2D eigenvalue weighted by molar-refractivity contribution is 7.92. The van der Waals surface area contributed by atoms with Gasteiger partial charge in [-0.15, -0.1) is 3.89 Å². The molecule has 0 aromatic carbocycles. The summed E-state index contributed by atoms with van der Waals surface area (Å²) in [6.07, 6.45) is 7.04. The van der Waals surface area contributed by atoms with E-state index in [-0.39, 0.29) is 17.9 Å². The lowest BCUT2D eigenvalue weighted by molar-refractivity contribution is 0.160. The summed E-state index contributed by atoms with van der Waals surface area (Å²) in [4.78, 5) is 8.44. The van der Waals surface area contributed by atoms with Crippen LogP contribution in [0.3, 0.4) is 0 Å². The molecule has 0 spiro atoms. The van der Waals surface area contributed by atoms with Crippen molar-refractivity contribution >= 4 is 23.4 Å². The van der Waals surface area contributed by atoms with Crippen molar-refractivity contribution in [2.24, 2.45) is 0 Å². The molecule has 1 aliphatic rings. The Balaban J connectivity index is 0.000000880. The Morgan fingerprint density at radius 1 is 1.40 bits per heavy atom. The zero-order valence-corrected chi connectivity index (χ0v) is 14.8. The average molecular weight is 359 g/mol. The van der Waals surface area contributed by atoms with Crippen LogP contribution in [0, 0.1) is 11.3 Å².